The predicted molar refractivity (Wildman–Crippen MR) is 91.6 cm³/mol. The second kappa shape index (κ2) is 7.11. The van der Waals surface area contributed by atoms with Crippen molar-refractivity contribution >= 4 is 16.7 Å². The van der Waals surface area contributed by atoms with E-state index in [0.717, 1.165) is 12.5 Å². The third kappa shape index (κ3) is 3.97. The van der Waals surface area contributed by atoms with Crippen molar-refractivity contribution in [2.75, 3.05) is 7.05 Å². The fourth-order valence-electron chi connectivity index (χ4n) is 2.20. The molecule has 0 bridgehead atoms. The summed E-state index contributed by atoms with van der Waals surface area (Å²) < 4.78 is 0. The molecule has 112 valence electrons. The van der Waals surface area contributed by atoms with Crippen LogP contribution in [0.4, 0.5) is 0 Å². The van der Waals surface area contributed by atoms with Crippen LogP contribution >= 0.6 is 0 Å². The summed E-state index contributed by atoms with van der Waals surface area (Å²) in [5.41, 5.74) is 1.29. The summed E-state index contributed by atoms with van der Waals surface area (Å²) in [5.74, 6) is 1.42. The molecule has 0 amide bonds. The Morgan fingerprint density at radius 2 is 1.76 bits per heavy atom. The van der Waals surface area contributed by atoms with Crippen LogP contribution in [-0.2, 0) is 6.54 Å². The predicted octanol–water partition coefficient (Wildman–Crippen LogP) is 3.55. The van der Waals surface area contributed by atoms with Crippen LogP contribution in [-0.4, -0.2) is 19.0 Å². The zero-order chi connectivity index (χ0) is 15.2. The Balaban J connectivity index is 2.07. The van der Waals surface area contributed by atoms with Crippen LogP contribution in [0.15, 0.2) is 47.5 Å². The van der Waals surface area contributed by atoms with Crippen LogP contribution in [0.25, 0.3) is 10.8 Å². The van der Waals surface area contributed by atoms with Gasteiger partial charge in [-0.3, -0.25) is 4.99 Å². The summed E-state index contributed by atoms with van der Waals surface area (Å²) in [6.07, 6.45) is 0. The number of nitrogens with one attached hydrogen (secondary N) is 2. The van der Waals surface area contributed by atoms with Gasteiger partial charge in [0, 0.05) is 19.6 Å². The minimum Gasteiger partial charge on any atom is -0.354 e. The summed E-state index contributed by atoms with van der Waals surface area (Å²) in [5, 5.41) is 9.39. The molecule has 2 aromatic rings. The zero-order valence-electron chi connectivity index (χ0n) is 13.4. The molecule has 0 fully saturated rings. The Bertz CT molecular complexity index is 611. The first kappa shape index (κ1) is 15.4. The van der Waals surface area contributed by atoms with Gasteiger partial charge in [-0.15, -0.1) is 0 Å². The summed E-state index contributed by atoms with van der Waals surface area (Å²) in [7, 11) is 1.81. The molecule has 3 heteroatoms. The number of nitrogens with zero attached hydrogens (tertiary/aromatic N) is 1. The van der Waals surface area contributed by atoms with E-state index in [9.17, 15) is 0 Å². The van der Waals surface area contributed by atoms with Crippen molar-refractivity contribution in [3.05, 3.63) is 48.0 Å². The van der Waals surface area contributed by atoms with E-state index in [-0.39, 0.29) is 0 Å². The standard InChI is InChI=1S/C18H25N3/c1-13(2)14(3)21-18(19-4)20-12-16-10-7-9-15-8-5-6-11-17(15)16/h5-11,13-14H,12H2,1-4H3,(H2,19,20,21). The second-order valence-electron chi connectivity index (χ2n) is 5.74. The molecule has 21 heavy (non-hydrogen) atoms. The number of rotatable bonds is 4. The minimum absolute atomic E-state index is 0.392. The van der Waals surface area contributed by atoms with Gasteiger partial charge in [-0.2, -0.15) is 0 Å². The lowest BCUT2D eigenvalue weighted by Gasteiger charge is -2.21. The van der Waals surface area contributed by atoms with Gasteiger partial charge >= 0.3 is 0 Å². The molecule has 0 saturated heterocycles. The van der Waals surface area contributed by atoms with Gasteiger partial charge in [0.05, 0.1) is 0 Å². The van der Waals surface area contributed by atoms with E-state index in [2.05, 4.69) is 78.9 Å². The maximum atomic E-state index is 4.30. The van der Waals surface area contributed by atoms with Crippen molar-refractivity contribution in [2.45, 2.75) is 33.4 Å². The first-order valence-corrected chi connectivity index (χ1v) is 7.55. The number of benzene rings is 2. The average Bonchev–Trinajstić information content (AvgIpc) is 2.51. The summed E-state index contributed by atoms with van der Waals surface area (Å²) >= 11 is 0. The lowest BCUT2D eigenvalue weighted by Crippen LogP contribution is -2.43. The quantitative estimate of drug-likeness (QED) is 0.665. The van der Waals surface area contributed by atoms with E-state index in [0.29, 0.717) is 12.0 Å². The Kier molecular flexibility index (Phi) is 5.20. The molecular weight excluding hydrogens is 258 g/mol. The largest absolute Gasteiger partial charge is 0.354 e. The summed E-state index contributed by atoms with van der Waals surface area (Å²) in [4.78, 5) is 4.30. The molecule has 1 atom stereocenters. The number of hydrogen-bond donors (Lipinski definition) is 2. The molecule has 0 aromatic heterocycles. The fraction of sp³-hybridized carbons (Fsp3) is 0.389. The molecule has 3 nitrogen and oxygen atoms in total. The highest BCUT2D eigenvalue weighted by Gasteiger charge is 2.09. The van der Waals surface area contributed by atoms with Gasteiger partial charge < -0.3 is 10.6 Å². The van der Waals surface area contributed by atoms with E-state index in [4.69, 9.17) is 0 Å². The first-order chi connectivity index (χ1) is 10.1. The van der Waals surface area contributed by atoms with Gasteiger partial charge in [0.1, 0.15) is 0 Å². The fourth-order valence-corrected chi connectivity index (χ4v) is 2.20. The maximum absolute atomic E-state index is 4.30. The van der Waals surface area contributed by atoms with E-state index in [1.165, 1.54) is 16.3 Å². The molecule has 2 N–H and O–H groups in total. The second-order valence-corrected chi connectivity index (χ2v) is 5.74. The lowest BCUT2D eigenvalue weighted by molar-refractivity contribution is 0.481. The molecule has 0 aliphatic rings. The van der Waals surface area contributed by atoms with Crippen molar-refractivity contribution in [1.82, 2.24) is 10.6 Å². The Morgan fingerprint density at radius 1 is 1.05 bits per heavy atom. The van der Waals surface area contributed by atoms with Crippen LogP contribution in [0.1, 0.15) is 26.3 Å². The molecule has 0 aliphatic heterocycles. The highest BCUT2D eigenvalue weighted by molar-refractivity contribution is 5.86. The molecule has 0 heterocycles. The number of hydrogen-bond acceptors (Lipinski definition) is 1. The monoisotopic (exact) mass is 283 g/mol. The molecular formula is C18H25N3. The van der Waals surface area contributed by atoms with Gasteiger partial charge in [-0.05, 0) is 29.2 Å². The molecule has 1 unspecified atom stereocenters. The minimum atomic E-state index is 0.392. The number of aliphatic imine (C=N–C) groups is 1. The highest BCUT2D eigenvalue weighted by atomic mass is 15.2. The van der Waals surface area contributed by atoms with Crippen molar-refractivity contribution in [3.8, 4) is 0 Å². The average molecular weight is 283 g/mol. The van der Waals surface area contributed by atoms with E-state index in [1.807, 2.05) is 7.05 Å². The molecule has 2 rings (SSSR count). The van der Waals surface area contributed by atoms with Crippen molar-refractivity contribution in [1.29, 1.82) is 0 Å². The summed E-state index contributed by atoms with van der Waals surface area (Å²) in [6.45, 7) is 7.35. The van der Waals surface area contributed by atoms with Crippen molar-refractivity contribution < 1.29 is 0 Å². The van der Waals surface area contributed by atoms with Crippen LogP contribution in [0.5, 0.6) is 0 Å². The zero-order valence-corrected chi connectivity index (χ0v) is 13.4. The third-order valence-electron chi connectivity index (χ3n) is 3.91. The number of guanidine groups is 1. The van der Waals surface area contributed by atoms with E-state index in [1.54, 1.807) is 0 Å². The SMILES string of the molecule is CN=C(NCc1cccc2ccccc12)NC(C)C(C)C. The topological polar surface area (TPSA) is 36.4 Å². The van der Waals surface area contributed by atoms with Gasteiger partial charge in [-0.1, -0.05) is 56.3 Å². The van der Waals surface area contributed by atoms with Crippen molar-refractivity contribution in [3.63, 3.8) is 0 Å². The Hall–Kier alpha value is -2.03. The summed E-state index contributed by atoms with van der Waals surface area (Å²) in [6, 6.07) is 15.3. The van der Waals surface area contributed by atoms with Gasteiger partial charge in [0.2, 0.25) is 0 Å². The highest BCUT2D eigenvalue weighted by Crippen LogP contribution is 2.18. The van der Waals surface area contributed by atoms with Gasteiger partial charge in [0.25, 0.3) is 0 Å². The Morgan fingerprint density at radius 3 is 2.48 bits per heavy atom. The van der Waals surface area contributed by atoms with E-state index >= 15 is 0 Å². The van der Waals surface area contributed by atoms with Crippen LogP contribution < -0.4 is 10.6 Å². The molecule has 0 saturated carbocycles. The van der Waals surface area contributed by atoms with Crippen LogP contribution in [0, 0.1) is 5.92 Å². The van der Waals surface area contributed by atoms with Gasteiger partial charge in [-0.25, -0.2) is 0 Å². The van der Waals surface area contributed by atoms with Crippen molar-refractivity contribution in [2.24, 2.45) is 10.9 Å². The lowest BCUT2D eigenvalue weighted by atomic mass is 10.0. The number of fused-ring (bicyclic) bond motifs is 1. The van der Waals surface area contributed by atoms with Crippen LogP contribution in [0.3, 0.4) is 0 Å². The molecule has 2 aromatic carbocycles. The van der Waals surface area contributed by atoms with E-state index < -0.39 is 0 Å². The molecule has 0 spiro atoms. The van der Waals surface area contributed by atoms with Crippen LogP contribution in [0.2, 0.25) is 0 Å². The maximum Gasteiger partial charge on any atom is 0.191 e. The normalized spacial score (nSPS) is 13.5. The molecule has 0 aliphatic carbocycles. The third-order valence-corrected chi connectivity index (χ3v) is 3.91. The van der Waals surface area contributed by atoms with Gasteiger partial charge in [0.15, 0.2) is 5.96 Å². The first-order valence-electron chi connectivity index (χ1n) is 7.55. The molecule has 0 radical (unpaired) electrons. The smallest absolute Gasteiger partial charge is 0.191 e. The Labute approximate surface area is 127 Å².